The lowest BCUT2D eigenvalue weighted by atomic mass is 10.1. The molecule has 2 aromatic rings. The first-order valence-electron chi connectivity index (χ1n) is 9.28. The molecule has 29 heavy (non-hydrogen) atoms. The molecule has 1 saturated heterocycles. The fraction of sp³-hybridized carbons (Fsp3) is 0.350. The van der Waals surface area contributed by atoms with E-state index in [1.807, 2.05) is 0 Å². The number of rotatable bonds is 5. The fourth-order valence-corrected chi connectivity index (χ4v) is 4.36. The number of nitrogens with one attached hydrogen (secondary N) is 1. The molecular weight excluding hydrogens is 417 g/mol. The van der Waals surface area contributed by atoms with Crippen molar-refractivity contribution in [2.24, 2.45) is 0 Å². The van der Waals surface area contributed by atoms with Crippen LogP contribution in [-0.2, 0) is 10.0 Å². The summed E-state index contributed by atoms with van der Waals surface area (Å²) in [5.41, 5.74) is 0.740. The molecule has 0 unspecified atom stereocenters. The first-order valence-corrected chi connectivity index (χ1v) is 11.1. The monoisotopic (exact) mass is 439 g/mol. The molecule has 0 saturated carbocycles. The van der Waals surface area contributed by atoms with Crippen LogP contribution in [0.2, 0.25) is 5.02 Å². The fourth-order valence-electron chi connectivity index (χ4n) is 3.26. The highest BCUT2D eigenvalue weighted by atomic mass is 35.5. The molecule has 0 aromatic heterocycles. The van der Waals surface area contributed by atoms with Crippen molar-refractivity contribution in [1.29, 1.82) is 0 Å². The average molecular weight is 440 g/mol. The van der Waals surface area contributed by atoms with E-state index in [9.17, 15) is 17.6 Å². The topological polar surface area (TPSA) is 69.7 Å². The van der Waals surface area contributed by atoms with E-state index in [1.54, 1.807) is 6.07 Å². The maximum atomic E-state index is 14.1. The van der Waals surface area contributed by atoms with Crippen LogP contribution in [0.25, 0.3) is 0 Å². The van der Waals surface area contributed by atoms with Crippen LogP contribution in [0.4, 0.5) is 15.8 Å². The van der Waals surface area contributed by atoms with Gasteiger partial charge in [-0.1, -0.05) is 11.6 Å². The molecule has 9 heteroatoms. The van der Waals surface area contributed by atoms with Gasteiger partial charge in [-0.2, -0.15) is 0 Å². The number of carbonyl (C=O) groups excluding carboxylic acids is 1. The number of sulfonamides is 1. The van der Waals surface area contributed by atoms with E-state index in [2.05, 4.69) is 10.2 Å². The van der Waals surface area contributed by atoms with Gasteiger partial charge in [0.25, 0.3) is 5.91 Å². The summed E-state index contributed by atoms with van der Waals surface area (Å²) in [6.45, 7) is 1.54. The van der Waals surface area contributed by atoms with Gasteiger partial charge >= 0.3 is 0 Å². The molecule has 2 aromatic carbocycles. The summed E-state index contributed by atoms with van der Waals surface area (Å²) in [7, 11) is -0.877. The SMILES string of the molecule is CN(C)S(=O)(=O)c1ccc(N2CCCCC2)c(C(=O)Nc2cc(Cl)ccc2F)c1. The number of piperidine rings is 1. The summed E-state index contributed by atoms with van der Waals surface area (Å²) >= 11 is 5.91. The van der Waals surface area contributed by atoms with Crippen molar-refractivity contribution in [2.45, 2.75) is 24.2 Å². The molecule has 6 nitrogen and oxygen atoms in total. The maximum absolute atomic E-state index is 14.1. The van der Waals surface area contributed by atoms with Crippen molar-refractivity contribution in [3.63, 3.8) is 0 Å². The summed E-state index contributed by atoms with van der Waals surface area (Å²) in [5.74, 6) is -1.22. The standard InChI is InChI=1S/C20H23ClFN3O3S/c1-24(2)29(27,28)15-7-9-19(25-10-4-3-5-11-25)16(13-15)20(26)23-18-12-14(21)6-8-17(18)22/h6-9,12-13H,3-5,10-11H2,1-2H3,(H,23,26). The van der Waals surface area contributed by atoms with Crippen molar-refractivity contribution in [3.8, 4) is 0 Å². The van der Waals surface area contributed by atoms with Crippen LogP contribution in [0, 0.1) is 5.82 Å². The van der Waals surface area contributed by atoms with Crippen molar-refractivity contribution < 1.29 is 17.6 Å². The quantitative estimate of drug-likeness (QED) is 0.765. The zero-order valence-corrected chi connectivity index (χ0v) is 17.9. The third-order valence-corrected chi connectivity index (χ3v) is 6.91. The van der Waals surface area contributed by atoms with Crippen molar-refractivity contribution in [2.75, 3.05) is 37.4 Å². The molecule has 1 fully saturated rings. The zero-order chi connectivity index (χ0) is 21.2. The lowest BCUT2D eigenvalue weighted by Crippen LogP contribution is -2.32. The van der Waals surface area contributed by atoms with Crippen LogP contribution in [-0.4, -0.2) is 45.8 Å². The third kappa shape index (κ3) is 4.71. The largest absolute Gasteiger partial charge is 0.371 e. The van der Waals surface area contributed by atoms with Gasteiger partial charge in [-0.05, 0) is 55.7 Å². The zero-order valence-electron chi connectivity index (χ0n) is 16.3. The van der Waals surface area contributed by atoms with E-state index < -0.39 is 21.7 Å². The predicted octanol–water partition coefficient (Wildman–Crippen LogP) is 3.97. The lowest BCUT2D eigenvalue weighted by Gasteiger charge is -2.30. The Labute approximate surface area is 175 Å². The number of hydrogen-bond donors (Lipinski definition) is 1. The van der Waals surface area contributed by atoms with Crippen molar-refractivity contribution in [1.82, 2.24) is 4.31 Å². The Morgan fingerprint density at radius 1 is 1.10 bits per heavy atom. The van der Waals surface area contributed by atoms with Gasteiger partial charge in [-0.25, -0.2) is 17.1 Å². The Bertz CT molecular complexity index is 1020. The highest BCUT2D eigenvalue weighted by molar-refractivity contribution is 7.89. The van der Waals surface area contributed by atoms with E-state index in [0.717, 1.165) is 42.7 Å². The van der Waals surface area contributed by atoms with Crippen LogP contribution in [0.1, 0.15) is 29.6 Å². The number of anilines is 2. The molecule has 3 rings (SSSR count). The summed E-state index contributed by atoms with van der Waals surface area (Å²) in [6, 6.07) is 8.35. The van der Waals surface area contributed by atoms with Gasteiger partial charge in [0.2, 0.25) is 10.0 Å². The normalized spacial score (nSPS) is 14.9. The molecule has 156 valence electrons. The number of benzene rings is 2. The Morgan fingerprint density at radius 2 is 1.79 bits per heavy atom. The van der Waals surface area contributed by atoms with Gasteiger partial charge in [-0.15, -0.1) is 0 Å². The van der Waals surface area contributed by atoms with Crippen molar-refractivity contribution >= 4 is 38.9 Å². The van der Waals surface area contributed by atoms with E-state index in [4.69, 9.17) is 11.6 Å². The second-order valence-electron chi connectivity index (χ2n) is 7.09. The van der Waals surface area contributed by atoms with Crippen LogP contribution in [0.15, 0.2) is 41.3 Å². The molecular formula is C20H23ClFN3O3S. The minimum atomic E-state index is -3.73. The third-order valence-electron chi connectivity index (χ3n) is 4.86. The van der Waals surface area contributed by atoms with Crippen molar-refractivity contribution in [3.05, 3.63) is 52.8 Å². The minimum Gasteiger partial charge on any atom is -0.371 e. The molecule has 1 heterocycles. The van der Waals surface area contributed by atoms with Crippen LogP contribution in [0.5, 0.6) is 0 Å². The number of nitrogens with zero attached hydrogens (tertiary/aromatic N) is 2. The highest BCUT2D eigenvalue weighted by Crippen LogP contribution is 2.29. The first-order chi connectivity index (χ1) is 13.7. The molecule has 0 radical (unpaired) electrons. The Balaban J connectivity index is 2.04. The van der Waals surface area contributed by atoms with E-state index in [1.165, 1.54) is 38.4 Å². The summed E-state index contributed by atoms with van der Waals surface area (Å²) in [5, 5.41) is 2.80. The smallest absolute Gasteiger partial charge is 0.257 e. The maximum Gasteiger partial charge on any atom is 0.257 e. The minimum absolute atomic E-state index is 0.0000227. The van der Waals surface area contributed by atoms with Crippen LogP contribution >= 0.6 is 11.6 Å². The van der Waals surface area contributed by atoms with E-state index in [0.29, 0.717) is 5.69 Å². The second-order valence-corrected chi connectivity index (χ2v) is 9.68. The molecule has 0 bridgehead atoms. The highest BCUT2D eigenvalue weighted by Gasteiger charge is 2.24. The van der Waals surface area contributed by atoms with Gasteiger partial charge < -0.3 is 10.2 Å². The molecule has 1 aliphatic heterocycles. The lowest BCUT2D eigenvalue weighted by molar-refractivity contribution is 0.102. The predicted molar refractivity (Wildman–Crippen MR) is 113 cm³/mol. The molecule has 1 aliphatic rings. The second kappa shape index (κ2) is 8.69. The van der Waals surface area contributed by atoms with Gasteiger partial charge in [0, 0.05) is 37.9 Å². The molecule has 1 amide bonds. The molecule has 1 N–H and O–H groups in total. The number of halogens is 2. The number of hydrogen-bond acceptors (Lipinski definition) is 4. The van der Waals surface area contributed by atoms with Gasteiger partial charge in [0.1, 0.15) is 5.82 Å². The number of carbonyl (C=O) groups is 1. The molecule has 0 atom stereocenters. The van der Waals surface area contributed by atoms with Gasteiger partial charge in [-0.3, -0.25) is 4.79 Å². The molecule has 0 spiro atoms. The summed E-state index contributed by atoms with van der Waals surface area (Å²) in [6.07, 6.45) is 3.09. The number of amides is 1. The van der Waals surface area contributed by atoms with Crippen LogP contribution in [0.3, 0.4) is 0 Å². The first kappa shape index (κ1) is 21.5. The van der Waals surface area contributed by atoms with Gasteiger partial charge in [0.15, 0.2) is 0 Å². The van der Waals surface area contributed by atoms with Crippen LogP contribution < -0.4 is 10.2 Å². The van der Waals surface area contributed by atoms with Gasteiger partial charge in [0.05, 0.1) is 16.1 Å². The van der Waals surface area contributed by atoms with E-state index >= 15 is 0 Å². The summed E-state index contributed by atoms with van der Waals surface area (Å²) in [4.78, 5) is 15.1. The Hall–Kier alpha value is -2.16. The summed E-state index contributed by atoms with van der Waals surface area (Å²) < 4.78 is 40.3. The Morgan fingerprint density at radius 3 is 2.45 bits per heavy atom. The Kier molecular flexibility index (Phi) is 6.45. The molecule has 0 aliphatic carbocycles. The van der Waals surface area contributed by atoms with E-state index in [-0.39, 0.29) is 21.2 Å². The average Bonchev–Trinajstić information content (AvgIpc) is 2.70.